The average Bonchev–Trinajstić information content (AvgIpc) is 2.68. The molecule has 0 atom stereocenters. The molecule has 5 heteroatoms. The van der Waals surface area contributed by atoms with Crippen LogP contribution in [0.25, 0.3) is 0 Å². The molecule has 0 aromatic carbocycles. The molecule has 0 aliphatic rings. The molecule has 1 rings (SSSR count). The van der Waals surface area contributed by atoms with Gasteiger partial charge in [0.2, 0.25) is 0 Å². The molecule has 0 saturated heterocycles. The van der Waals surface area contributed by atoms with Crippen LogP contribution in [0.3, 0.4) is 0 Å². The van der Waals surface area contributed by atoms with Gasteiger partial charge in [0, 0.05) is 6.20 Å². The maximum Gasteiger partial charge on any atom is 0.173 e. The van der Waals surface area contributed by atoms with Crippen molar-refractivity contribution >= 4 is 5.84 Å². The van der Waals surface area contributed by atoms with Crippen molar-refractivity contribution in [2.45, 2.75) is 32.7 Å². The Balaban J connectivity index is 2.87. The normalized spacial score (nSPS) is 12.4. The quantitative estimate of drug-likeness (QED) is 0.330. The van der Waals surface area contributed by atoms with E-state index in [9.17, 15) is 0 Å². The standard InChI is InChI=1S/C9H16N4O/c1-3-8(4-2)13-6-7(5-11-13)9(10)12-14/h5-6,8,14H,3-4H2,1-2H3,(H2,10,12). The molecule has 0 spiro atoms. The van der Waals surface area contributed by atoms with Gasteiger partial charge in [-0.25, -0.2) is 0 Å². The van der Waals surface area contributed by atoms with Gasteiger partial charge in [0.05, 0.1) is 17.8 Å². The largest absolute Gasteiger partial charge is 0.409 e. The van der Waals surface area contributed by atoms with Crippen LogP contribution in [0.5, 0.6) is 0 Å². The summed E-state index contributed by atoms with van der Waals surface area (Å²) in [4.78, 5) is 0. The molecule has 0 saturated carbocycles. The number of nitrogens with zero attached hydrogens (tertiary/aromatic N) is 3. The van der Waals surface area contributed by atoms with Crippen molar-refractivity contribution < 1.29 is 5.21 Å². The van der Waals surface area contributed by atoms with Crippen molar-refractivity contribution in [3.05, 3.63) is 18.0 Å². The summed E-state index contributed by atoms with van der Waals surface area (Å²) in [6.07, 6.45) is 5.45. The van der Waals surface area contributed by atoms with Crippen molar-refractivity contribution in [2.75, 3.05) is 0 Å². The zero-order valence-corrected chi connectivity index (χ0v) is 8.51. The lowest BCUT2D eigenvalue weighted by atomic mass is 10.2. The third-order valence-electron chi connectivity index (χ3n) is 2.32. The van der Waals surface area contributed by atoms with Gasteiger partial charge < -0.3 is 10.9 Å². The topological polar surface area (TPSA) is 76.4 Å². The third-order valence-corrected chi connectivity index (χ3v) is 2.32. The molecule has 3 N–H and O–H groups in total. The van der Waals surface area contributed by atoms with E-state index in [-0.39, 0.29) is 5.84 Å². The van der Waals surface area contributed by atoms with Crippen LogP contribution < -0.4 is 5.73 Å². The first-order valence-corrected chi connectivity index (χ1v) is 4.74. The molecule has 1 aromatic rings. The summed E-state index contributed by atoms with van der Waals surface area (Å²) >= 11 is 0. The smallest absolute Gasteiger partial charge is 0.173 e. The second kappa shape index (κ2) is 4.64. The molecule has 1 aromatic heterocycles. The van der Waals surface area contributed by atoms with Crippen molar-refractivity contribution in [1.29, 1.82) is 0 Å². The number of amidine groups is 1. The van der Waals surface area contributed by atoms with E-state index in [4.69, 9.17) is 10.9 Å². The minimum Gasteiger partial charge on any atom is -0.409 e. The number of hydrogen-bond acceptors (Lipinski definition) is 3. The Morgan fingerprint density at radius 2 is 2.29 bits per heavy atom. The van der Waals surface area contributed by atoms with E-state index in [2.05, 4.69) is 24.1 Å². The molecule has 5 nitrogen and oxygen atoms in total. The minimum absolute atomic E-state index is 0.0993. The van der Waals surface area contributed by atoms with E-state index >= 15 is 0 Å². The molecular weight excluding hydrogens is 180 g/mol. The highest BCUT2D eigenvalue weighted by molar-refractivity contribution is 5.96. The first-order chi connectivity index (χ1) is 6.72. The van der Waals surface area contributed by atoms with Gasteiger partial charge in [0.25, 0.3) is 0 Å². The van der Waals surface area contributed by atoms with Gasteiger partial charge in [-0.15, -0.1) is 0 Å². The van der Waals surface area contributed by atoms with E-state index in [0.717, 1.165) is 12.8 Å². The van der Waals surface area contributed by atoms with Crippen molar-refractivity contribution in [1.82, 2.24) is 9.78 Å². The zero-order chi connectivity index (χ0) is 10.6. The Bertz CT molecular complexity index is 314. The Kier molecular flexibility index (Phi) is 3.50. The number of nitrogens with two attached hydrogens (primary N) is 1. The average molecular weight is 196 g/mol. The molecule has 14 heavy (non-hydrogen) atoms. The van der Waals surface area contributed by atoms with Gasteiger partial charge in [-0.3, -0.25) is 4.68 Å². The summed E-state index contributed by atoms with van der Waals surface area (Å²) in [5.41, 5.74) is 6.09. The van der Waals surface area contributed by atoms with Gasteiger partial charge in [0.1, 0.15) is 0 Å². The summed E-state index contributed by atoms with van der Waals surface area (Å²) in [5, 5.41) is 15.6. The van der Waals surface area contributed by atoms with Crippen LogP contribution in [-0.4, -0.2) is 20.8 Å². The van der Waals surface area contributed by atoms with E-state index in [1.54, 1.807) is 12.4 Å². The lowest BCUT2D eigenvalue weighted by Crippen LogP contribution is -2.12. The third kappa shape index (κ3) is 2.04. The fourth-order valence-electron chi connectivity index (χ4n) is 1.39. The number of rotatable bonds is 4. The van der Waals surface area contributed by atoms with Gasteiger partial charge in [-0.05, 0) is 12.8 Å². The second-order valence-electron chi connectivity index (χ2n) is 3.16. The predicted octanol–water partition coefficient (Wildman–Crippen LogP) is 1.34. The highest BCUT2D eigenvalue weighted by Gasteiger charge is 2.09. The minimum atomic E-state index is 0.0993. The first-order valence-electron chi connectivity index (χ1n) is 4.74. The Hall–Kier alpha value is -1.52. The summed E-state index contributed by atoms with van der Waals surface area (Å²) in [5.74, 6) is 0.0993. The molecule has 0 fully saturated rings. The van der Waals surface area contributed by atoms with Gasteiger partial charge in [0.15, 0.2) is 5.84 Å². The summed E-state index contributed by atoms with van der Waals surface area (Å²) < 4.78 is 1.85. The van der Waals surface area contributed by atoms with Crippen molar-refractivity contribution in [3.8, 4) is 0 Å². The predicted molar refractivity (Wildman–Crippen MR) is 54.4 cm³/mol. The lowest BCUT2D eigenvalue weighted by molar-refractivity contribution is 0.318. The van der Waals surface area contributed by atoms with Gasteiger partial charge in [-0.2, -0.15) is 5.10 Å². The van der Waals surface area contributed by atoms with Gasteiger partial charge in [-0.1, -0.05) is 19.0 Å². The fourth-order valence-corrected chi connectivity index (χ4v) is 1.39. The molecule has 0 amide bonds. The monoisotopic (exact) mass is 196 g/mol. The van der Waals surface area contributed by atoms with Crippen LogP contribution in [-0.2, 0) is 0 Å². The van der Waals surface area contributed by atoms with E-state index in [1.165, 1.54) is 0 Å². The Morgan fingerprint density at radius 1 is 1.64 bits per heavy atom. The highest BCUT2D eigenvalue weighted by atomic mass is 16.4. The van der Waals surface area contributed by atoms with E-state index in [1.807, 2.05) is 4.68 Å². The molecule has 0 aliphatic heterocycles. The van der Waals surface area contributed by atoms with Crippen LogP contribution in [0.15, 0.2) is 17.5 Å². The van der Waals surface area contributed by atoms with Crippen molar-refractivity contribution in [2.24, 2.45) is 10.9 Å². The molecule has 0 unspecified atom stereocenters. The zero-order valence-electron chi connectivity index (χ0n) is 8.51. The number of oxime groups is 1. The molecule has 1 heterocycles. The number of hydrogen-bond donors (Lipinski definition) is 2. The van der Waals surface area contributed by atoms with E-state index < -0.39 is 0 Å². The number of aromatic nitrogens is 2. The van der Waals surface area contributed by atoms with Gasteiger partial charge >= 0.3 is 0 Å². The first kappa shape index (κ1) is 10.6. The maximum atomic E-state index is 8.48. The fraction of sp³-hybridized carbons (Fsp3) is 0.556. The van der Waals surface area contributed by atoms with Crippen LogP contribution in [0.2, 0.25) is 0 Å². The van der Waals surface area contributed by atoms with Crippen LogP contribution in [0.1, 0.15) is 38.3 Å². The van der Waals surface area contributed by atoms with Crippen molar-refractivity contribution in [3.63, 3.8) is 0 Å². The SMILES string of the molecule is CCC(CC)n1cc(/C(N)=N\O)cn1. The lowest BCUT2D eigenvalue weighted by Gasteiger charge is -2.11. The second-order valence-corrected chi connectivity index (χ2v) is 3.16. The molecule has 0 aliphatic carbocycles. The Labute approximate surface area is 83.2 Å². The molecule has 0 bridgehead atoms. The molecular formula is C9H16N4O. The van der Waals surface area contributed by atoms with Crippen LogP contribution in [0, 0.1) is 0 Å². The maximum absolute atomic E-state index is 8.48. The molecule has 0 radical (unpaired) electrons. The van der Waals surface area contributed by atoms with Crippen LogP contribution >= 0.6 is 0 Å². The summed E-state index contributed by atoms with van der Waals surface area (Å²) in [6.45, 7) is 4.22. The molecule has 78 valence electrons. The van der Waals surface area contributed by atoms with E-state index in [0.29, 0.717) is 11.6 Å². The Morgan fingerprint density at radius 3 is 2.79 bits per heavy atom. The van der Waals surface area contributed by atoms with Crippen LogP contribution in [0.4, 0.5) is 0 Å². The highest BCUT2D eigenvalue weighted by Crippen LogP contribution is 2.14. The summed E-state index contributed by atoms with van der Waals surface area (Å²) in [6, 6.07) is 0.384. The summed E-state index contributed by atoms with van der Waals surface area (Å²) in [7, 11) is 0.